The van der Waals surface area contributed by atoms with Crippen LogP contribution in [-0.2, 0) is 32.6 Å². The largest absolute Gasteiger partial charge is 0.468 e. The van der Waals surface area contributed by atoms with Gasteiger partial charge in [0.25, 0.3) is 0 Å². The van der Waals surface area contributed by atoms with E-state index in [-0.39, 0.29) is 23.3 Å². The van der Waals surface area contributed by atoms with Crippen LogP contribution in [0.15, 0.2) is 88.4 Å². The fraction of sp³-hybridized carbons (Fsp3) is 0.167. The predicted molar refractivity (Wildman–Crippen MR) is 124 cm³/mol. The van der Waals surface area contributed by atoms with Gasteiger partial charge in [0.15, 0.2) is 0 Å². The summed E-state index contributed by atoms with van der Waals surface area (Å²) in [6.45, 7) is 0.675. The molecule has 33 heavy (non-hydrogen) atoms. The number of benzene rings is 2. The van der Waals surface area contributed by atoms with Gasteiger partial charge in [-0.1, -0.05) is 42.5 Å². The Hall–Kier alpha value is -3.69. The molecule has 0 unspecified atom stereocenters. The van der Waals surface area contributed by atoms with E-state index in [1.807, 2.05) is 30.3 Å². The average molecular weight is 468 g/mol. The molecule has 0 fully saturated rings. The maximum Gasteiger partial charge on any atom is 0.244 e. The highest BCUT2D eigenvalue weighted by Crippen LogP contribution is 2.12. The molecule has 1 heterocycles. The molecule has 3 aromatic rings. The second kappa shape index (κ2) is 11.8. The maximum absolute atomic E-state index is 12.3. The fourth-order valence-corrected chi connectivity index (χ4v) is 3.88. The zero-order valence-electron chi connectivity index (χ0n) is 17.9. The zero-order chi connectivity index (χ0) is 23.5. The topological polar surface area (TPSA) is 118 Å². The molecule has 0 saturated carbocycles. The molecule has 0 aliphatic rings. The minimum Gasteiger partial charge on any atom is -0.468 e. The van der Waals surface area contributed by atoms with Crippen LogP contribution in [0.4, 0.5) is 0 Å². The summed E-state index contributed by atoms with van der Waals surface area (Å²) in [5, 5.41) is 5.44. The van der Waals surface area contributed by atoms with Gasteiger partial charge in [-0.05, 0) is 41.5 Å². The molecule has 0 saturated heterocycles. The Morgan fingerprint density at radius 1 is 0.879 bits per heavy atom. The number of carbonyl (C=O) groups excluding carboxylic acids is 2. The Kier molecular flexibility index (Phi) is 8.56. The molecule has 172 valence electrons. The molecule has 1 aromatic heterocycles. The van der Waals surface area contributed by atoms with Gasteiger partial charge in [0.05, 0.1) is 24.1 Å². The minimum absolute atomic E-state index is 0.0594. The summed E-state index contributed by atoms with van der Waals surface area (Å²) in [5.74, 6) is 0.0868. The first kappa shape index (κ1) is 24.0. The lowest BCUT2D eigenvalue weighted by molar-refractivity contribution is -0.121. The van der Waals surface area contributed by atoms with Crippen LogP contribution in [0.2, 0.25) is 0 Å². The summed E-state index contributed by atoms with van der Waals surface area (Å²) < 4.78 is 32.3. The molecule has 3 N–H and O–H groups in total. The van der Waals surface area contributed by atoms with E-state index in [1.165, 1.54) is 24.5 Å². The molecule has 0 aliphatic heterocycles. The van der Waals surface area contributed by atoms with E-state index < -0.39 is 10.0 Å². The van der Waals surface area contributed by atoms with E-state index in [1.54, 1.807) is 30.3 Å². The van der Waals surface area contributed by atoms with Crippen molar-refractivity contribution in [2.45, 2.75) is 17.9 Å². The van der Waals surface area contributed by atoms with Crippen molar-refractivity contribution in [3.05, 3.63) is 96.0 Å². The van der Waals surface area contributed by atoms with Crippen molar-refractivity contribution in [3.63, 3.8) is 0 Å². The third kappa shape index (κ3) is 8.06. The second-order valence-electron chi connectivity index (χ2n) is 7.11. The molecule has 0 aliphatic carbocycles. The van der Waals surface area contributed by atoms with Crippen molar-refractivity contribution in [2.24, 2.45) is 0 Å². The molecule has 8 nitrogen and oxygen atoms in total. The number of nitrogens with one attached hydrogen (secondary N) is 3. The van der Waals surface area contributed by atoms with Crippen LogP contribution in [0.3, 0.4) is 0 Å². The SMILES string of the molecule is O=C(/C=C/c1ccc(S(=O)(=O)NCc2ccco2)cc1)NCCNC(=O)Cc1ccccc1. The number of hydrogen-bond donors (Lipinski definition) is 3. The van der Waals surface area contributed by atoms with Crippen LogP contribution >= 0.6 is 0 Å². The fourth-order valence-electron chi connectivity index (χ4n) is 2.88. The highest BCUT2D eigenvalue weighted by molar-refractivity contribution is 7.89. The first-order chi connectivity index (χ1) is 15.9. The highest BCUT2D eigenvalue weighted by Gasteiger charge is 2.14. The van der Waals surface area contributed by atoms with Gasteiger partial charge in [-0.3, -0.25) is 9.59 Å². The van der Waals surface area contributed by atoms with E-state index in [0.717, 1.165) is 5.56 Å². The van der Waals surface area contributed by atoms with Crippen LogP contribution in [-0.4, -0.2) is 33.3 Å². The maximum atomic E-state index is 12.3. The van der Waals surface area contributed by atoms with Crippen LogP contribution in [0.5, 0.6) is 0 Å². The summed E-state index contributed by atoms with van der Waals surface area (Å²) in [4.78, 5) is 23.9. The van der Waals surface area contributed by atoms with Crippen LogP contribution < -0.4 is 15.4 Å². The highest BCUT2D eigenvalue weighted by atomic mass is 32.2. The van der Waals surface area contributed by atoms with Crippen molar-refractivity contribution >= 4 is 27.9 Å². The molecular formula is C24H25N3O5S. The summed E-state index contributed by atoms with van der Waals surface area (Å²) in [7, 11) is -3.67. The standard InChI is InChI=1S/C24H25N3O5S/c28-23(25-14-15-26-24(29)17-20-5-2-1-3-6-20)13-10-19-8-11-22(12-9-19)33(30,31)27-18-21-7-4-16-32-21/h1-13,16,27H,14-15,17-18H2,(H,25,28)(H,26,29)/b13-10+. The van der Waals surface area contributed by atoms with Gasteiger partial charge in [-0.15, -0.1) is 0 Å². The van der Waals surface area contributed by atoms with Crippen molar-refractivity contribution in [2.75, 3.05) is 13.1 Å². The van der Waals surface area contributed by atoms with Gasteiger partial charge in [0.1, 0.15) is 5.76 Å². The Morgan fingerprint density at radius 3 is 2.30 bits per heavy atom. The molecule has 0 radical (unpaired) electrons. The lowest BCUT2D eigenvalue weighted by Crippen LogP contribution is -2.34. The van der Waals surface area contributed by atoms with E-state index in [4.69, 9.17) is 4.42 Å². The van der Waals surface area contributed by atoms with Crippen LogP contribution in [0.25, 0.3) is 6.08 Å². The lowest BCUT2D eigenvalue weighted by atomic mass is 10.1. The van der Waals surface area contributed by atoms with Gasteiger partial charge in [0.2, 0.25) is 21.8 Å². The number of rotatable bonds is 11. The molecule has 3 rings (SSSR count). The monoisotopic (exact) mass is 467 g/mol. The number of hydrogen-bond acceptors (Lipinski definition) is 5. The van der Waals surface area contributed by atoms with Crippen molar-refractivity contribution in [1.29, 1.82) is 0 Å². The zero-order valence-corrected chi connectivity index (χ0v) is 18.7. The van der Waals surface area contributed by atoms with E-state index in [0.29, 0.717) is 30.8 Å². The molecule has 0 spiro atoms. The molecule has 2 aromatic carbocycles. The van der Waals surface area contributed by atoms with Gasteiger partial charge >= 0.3 is 0 Å². The number of amides is 2. The average Bonchev–Trinajstić information content (AvgIpc) is 3.34. The van der Waals surface area contributed by atoms with E-state index in [2.05, 4.69) is 15.4 Å². The Labute approximate surface area is 192 Å². The molecule has 9 heteroatoms. The Bertz CT molecular complexity index is 1170. The smallest absolute Gasteiger partial charge is 0.244 e. The summed E-state index contributed by atoms with van der Waals surface area (Å²) >= 11 is 0. The third-order valence-electron chi connectivity index (χ3n) is 4.59. The molecular weight excluding hydrogens is 442 g/mol. The van der Waals surface area contributed by atoms with Gasteiger partial charge in [0, 0.05) is 19.2 Å². The lowest BCUT2D eigenvalue weighted by Gasteiger charge is -2.06. The number of carbonyl (C=O) groups is 2. The summed E-state index contributed by atoms with van der Waals surface area (Å²) in [6.07, 6.45) is 4.70. The molecule has 0 atom stereocenters. The summed E-state index contributed by atoms with van der Waals surface area (Å²) in [5.41, 5.74) is 1.60. The Balaban J connectivity index is 1.39. The number of furan rings is 1. The number of sulfonamides is 1. The van der Waals surface area contributed by atoms with Crippen molar-refractivity contribution in [3.8, 4) is 0 Å². The van der Waals surface area contributed by atoms with Crippen LogP contribution in [0.1, 0.15) is 16.9 Å². The quantitative estimate of drug-likeness (QED) is 0.295. The predicted octanol–water partition coefficient (Wildman–Crippen LogP) is 2.25. The van der Waals surface area contributed by atoms with Crippen LogP contribution in [0, 0.1) is 0 Å². The molecule has 0 bridgehead atoms. The van der Waals surface area contributed by atoms with Crippen molar-refractivity contribution < 1.29 is 22.4 Å². The molecule has 2 amide bonds. The van der Waals surface area contributed by atoms with E-state index >= 15 is 0 Å². The third-order valence-corrected chi connectivity index (χ3v) is 6.01. The summed E-state index contributed by atoms with van der Waals surface area (Å²) in [6, 6.07) is 18.9. The second-order valence-corrected chi connectivity index (χ2v) is 8.88. The normalized spacial score (nSPS) is 11.4. The van der Waals surface area contributed by atoms with Gasteiger partial charge in [-0.25, -0.2) is 13.1 Å². The van der Waals surface area contributed by atoms with Gasteiger partial charge < -0.3 is 15.1 Å². The Morgan fingerprint density at radius 2 is 1.61 bits per heavy atom. The van der Waals surface area contributed by atoms with Crippen molar-refractivity contribution in [1.82, 2.24) is 15.4 Å². The minimum atomic E-state index is -3.67. The first-order valence-electron chi connectivity index (χ1n) is 10.3. The first-order valence-corrected chi connectivity index (χ1v) is 11.8. The van der Waals surface area contributed by atoms with E-state index in [9.17, 15) is 18.0 Å². The van der Waals surface area contributed by atoms with Gasteiger partial charge in [-0.2, -0.15) is 0 Å².